The fourth-order valence-corrected chi connectivity index (χ4v) is 2.19. The normalized spacial score (nSPS) is 10.1. The summed E-state index contributed by atoms with van der Waals surface area (Å²) in [5.41, 5.74) is 0.0852. The van der Waals surface area contributed by atoms with Crippen LogP contribution in [0.2, 0.25) is 0 Å². The third-order valence-electron chi connectivity index (χ3n) is 3.22. The van der Waals surface area contributed by atoms with Gasteiger partial charge in [-0.2, -0.15) is 0 Å². The fraction of sp³-hybridized carbons (Fsp3) is 0.250. The number of hydrogen-bond acceptors (Lipinski definition) is 3. The summed E-state index contributed by atoms with van der Waals surface area (Å²) in [4.78, 5) is 24.6. The zero-order valence-corrected chi connectivity index (χ0v) is 12.0. The number of rotatable bonds is 4. The summed E-state index contributed by atoms with van der Waals surface area (Å²) in [6.45, 7) is 2.33. The molecule has 1 amide bonds. The van der Waals surface area contributed by atoms with Crippen molar-refractivity contribution in [3.63, 3.8) is 0 Å². The van der Waals surface area contributed by atoms with Gasteiger partial charge in [-0.1, -0.05) is 5.92 Å². The zero-order chi connectivity index (χ0) is 15.4. The van der Waals surface area contributed by atoms with Crippen LogP contribution in [0.3, 0.4) is 0 Å². The Morgan fingerprint density at radius 1 is 1.43 bits per heavy atom. The topological polar surface area (TPSA) is 60.3 Å². The fourth-order valence-electron chi connectivity index (χ4n) is 2.19. The molecule has 2 aromatic rings. The van der Waals surface area contributed by atoms with Crippen molar-refractivity contribution in [3.8, 4) is 18.1 Å². The number of methoxy groups -OCH3 is 1. The average Bonchev–Trinajstić information content (AvgIpc) is 2.51. The molecule has 0 spiro atoms. The molecule has 0 fully saturated rings. The molecule has 0 saturated heterocycles. The van der Waals surface area contributed by atoms with Gasteiger partial charge in [-0.15, -0.1) is 6.42 Å². The van der Waals surface area contributed by atoms with Crippen molar-refractivity contribution in [3.05, 3.63) is 40.3 Å². The SMILES string of the molecule is C#CCNC(=O)c1cc2cc(OC)ccc2c(=O)n1CC. The van der Waals surface area contributed by atoms with Crippen molar-refractivity contribution in [2.45, 2.75) is 13.5 Å². The van der Waals surface area contributed by atoms with E-state index >= 15 is 0 Å². The first kappa shape index (κ1) is 14.7. The Morgan fingerprint density at radius 3 is 2.81 bits per heavy atom. The van der Waals surface area contributed by atoms with Gasteiger partial charge in [0.05, 0.1) is 13.7 Å². The van der Waals surface area contributed by atoms with Gasteiger partial charge in [-0.25, -0.2) is 0 Å². The Bertz CT molecular complexity index is 784. The van der Waals surface area contributed by atoms with Gasteiger partial charge in [0.15, 0.2) is 0 Å². The standard InChI is InChI=1S/C16H16N2O3/c1-4-8-17-15(19)14-10-11-9-12(21-3)6-7-13(11)16(20)18(14)5-2/h1,6-7,9-10H,5,8H2,2-3H3,(H,17,19). The molecule has 0 unspecified atom stereocenters. The van der Waals surface area contributed by atoms with E-state index in [2.05, 4.69) is 11.2 Å². The Morgan fingerprint density at radius 2 is 2.19 bits per heavy atom. The highest BCUT2D eigenvalue weighted by atomic mass is 16.5. The first-order valence-electron chi connectivity index (χ1n) is 6.55. The van der Waals surface area contributed by atoms with Crippen LogP contribution in [0.15, 0.2) is 29.1 Å². The molecular formula is C16H16N2O3. The lowest BCUT2D eigenvalue weighted by molar-refractivity contribution is 0.0948. The maximum absolute atomic E-state index is 12.5. The molecule has 108 valence electrons. The number of pyridine rings is 1. The number of carbonyl (C=O) groups is 1. The second kappa shape index (κ2) is 6.14. The largest absolute Gasteiger partial charge is 0.497 e. The van der Waals surface area contributed by atoms with Crippen LogP contribution in [0.5, 0.6) is 5.75 Å². The molecular weight excluding hydrogens is 268 g/mol. The number of ether oxygens (including phenoxy) is 1. The Balaban J connectivity index is 2.66. The molecule has 0 aliphatic carbocycles. The van der Waals surface area contributed by atoms with Gasteiger partial charge in [0.1, 0.15) is 11.4 Å². The third-order valence-corrected chi connectivity index (χ3v) is 3.22. The molecule has 21 heavy (non-hydrogen) atoms. The van der Waals surface area contributed by atoms with Gasteiger partial charge in [0.25, 0.3) is 11.5 Å². The lowest BCUT2D eigenvalue weighted by Crippen LogP contribution is -2.32. The molecule has 5 nitrogen and oxygen atoms in total. The summed E-state index contributed by atoms with van der Waals surface area (Å²) < 4.78 is 6.58. The number of amides is 1. The number of fused-ring (bicyclic) bond motifs is 1. The predicted octanol–water partition coefficient (Wildman–Crippen LogP) is 1.39. The molecule has 0 bridgehead atoms. The summed E-state index contributed by atoms with van der Waals surface area (Å²) in [5.74, 6) is 2.60. The number of carbonyl (C=O) groups excluding carboxylic acids is 1. The van der Waals surface area contributed by atoms with Gasteiger partial charge in [-0.3, -0.25) is 9.59 Å². The summed E-state index contributed by atoms with van der Waals surface area (Å²) in [6.07, 6.45) is 5.13. The summed E-state index contributed by atoms with van der Waals surface area (Å²) in [7, 11) is 1.55. The van der Waals surface area contributed by atoms with E-state index < -0.39 is 0 Å². The highest BCUT2D eigenvalue weighted by molar-refractivity contribution is 5.97. The van der Waals surface area contributed by atoms with Crippen molar-refractivity contribution < 1.29 is 9.53 Å². The lowest BCUT2D eigenvalue weighted by atomic mass is 10.1. The van der Waals surface area contributed by atoms with E-state index in [-0.39, 0.29) is 18.0 Å². The molecule has 0 saturated carbocycles. The van der Waals surface area contributed by atoms with Crippen LogP contribution in [0.25, 0.3) is 10.8 Å². The van der Waals surface area contributed by atoms with Crippen LogP contribution in [-0.4, -0.2) is 24.1 Å². The Kier molecular flexibility index (Phi) is 4.29. The molecule has 1 N–H and O–H groups in total. The number of nitrogens with zero attached hydrogens (tertiary/aromatic N) is 1. The van der Waals surface area contributed by atoms with Gasteiger partial charge in [0, 0.05) is 11.9 Å². The quantitative estimate of drug-likeness (QED) is 0.863. The van der Waals surface area contributed by atoms with Crippen LogP contribution in [-0.2, 0) is 6.54 Å². The first-order valence-corrected chi connectivity index (χ1v) is 6.55. The second-order valence-electron chi connectivity index (χ2n) is 4.42. The third kappa shape index (κ3) is 2.75. The van der Waals surface area contributed by atoms with Gasteiger partial charge >= 0.3 is 0 Å². The number of hydrogen-bond donors (Lipinski definition) is 1. The minimum Gasteiger partial charge on any atom is -0.497 e. The van der Waals surface area contributed by atoms with E-state index in [0.717, 1.165) is 0 Å². The van der Waals surface area contributed by atoms with Crippen LogP contribution >= 0.6 is 0 Å². The van der Waals surface area contributed by atoms with E-state index in [4.69, 9.17) is 11.2 Å². The first-order chi connectivity index (χ1) is 10.1. The molecule has 0 atom stereocenters. The summed E-state index contributed by atoms with van der Waals surface area (Å²) in [6, 6.07) is 6.83. The van der Waals surface area contributed by atoms with E-state index in [0.29, 0.717) is 28.8 Å². The zero-order valence-electron chi connectivity index (χ0n) is 12.0. The molecule has 0 aliphatic rings. The predicted molar refractivity (Wildman–Crippen MR) is 81.6 cm³/mol. The average molecular weight is 284 g/mol. The highest BCUT2D eigenvalue weighted by Crippen LogP contribution is 2.19. The van der Waals surface area contributed by atoms with E-state index in [1.54, 1.807) is 31.4 Å². The van der Waals surface area contributed by atoms with Gasteiger partial charge in [-0.05, 0) is 36.6 Å². The molecule has 0 radical (unpaired) electrons. The number of benzene rings is 1. The second-order valence-corrected chi connectivity index (χ2v) is 4.42. The van der Waals surface area contributed by atoms with Gasteiger partial charge < -0.3 is 14.6 Å². The molecule has 1 heterocycles. The van der Waals surface area contributed by atoms with Crippen molar-refractivity contribution in [1.29, 1.82) is 0 Å². The molecule has 2 rings (SSSR count). The maximum Gasteiger partial charge on any atom is 0.268 e. The monoisotopic (exact) mass is 284 g/mol. The van der Waals surface area contributed by atoms with Crippen LogP contribution in [0.1, 0.15) is 17.4 Å². The number of aromatic nitrogens is 1. The smallest absolute Gasteiger partial charge is 0.268 e. The lowest BCUT2D eigenvalue weighted by Gasteiger charge is -2.12. The highest BCUT2D eigenvalue weighted by Gasteiger charge is 2.14. The van der Waals surface area contributed by atoms with Crippen LogP contribution in [0.4, 0.5) is 0 Å². The summed E-state index contributed by atoms with van der Waals surface area (Å²) in [5, 5.41) is 3.79. The molecule has 5 heteroatoms. The minimum absolute atomic E-state index is 0.118. The van der Waals surface area contributed by atoms with Crippen molar-refractivity contribution in [2.75, 3.05) is 13.7 Å². The van der Waals surface area contributed by atoms with E-state index in [9.17, 15) is 9.59 Å². The molecule has 0 aliphatic heterocycles. The van der Waals surface area contributed by atoms with Crippen LogP contribution in [0, 0.1) is 12.3 Å². The Labute approximate surface area is 122 Å². The molecule has 1 aromatic carbocycles. The van der Waals surface area contributed by atoms with E-state index in [1.165, 1.54) is 4.57 Å². The minimum atomic E-state index is -0.364. The number of nitrogens with one attached hydrogen (secondary N) is 1. The Hall–Kier alpha value is -2.74. The van der Waals surface area contributed by atoms with E-state index in [1.807, 2.05) is 6.92 Å². The molecule has 1 aromatic heterocycles. The van der Waals surface area contributed by atoms with Crippen molar-refractivity contribution in [2.24, 2.45) is 0 Å². The maximum atomic E-state index is 12.5. The van der Waals surface area contributed by atoms with Crippen molar-refractivity contribution in [1.82, 2.24) is 9.88 Å². The summed E-state index contributed by atoms with van der Waals surface area (Å²) >= 11 is 0. The van der Waals surface area contributed by atoms with Crippen LogP contribution < -0.4 is 15.6 Å². The van der Waals surface area contributed by atoms with Gasteiger partial charge in [0.2, 0.25) is 0 Å². The van der Waals surface area contributed by atoms with Crippen molar-refractivity contribution >= 4 is 16.7 Å². The number of terminal acetylenes is 1.